The van der Waals surface area contributed by atoms with E-state index in [-0.39, 0.29) is 18.4 Å². The Morgan fingerprint density at radius 2 is 1.58 bits per heavy atom. The molecule has 0 fully saturated rings. The Kier molecular flexibility index (Phi) is 8.33. The zero-order chi connectivity index (χ0) is 27.2. The van der Waals surface area contributed by atoms with E-state index in [1.165, 1.54) is 34.2 Å². The summed E-state index contributed by atoms with van der Waals surface area (Å²) in [5.74, 6) is -1.43. The quantitative estimate of drug-likeness (QED) is 0.496. The van der Waals surface area contributed by atoms with Crippen molar-refractivity contribution in [3.05, 3.63) is 108 Å². The number of hydrazine groups is 1. The van der Waals surface area contributed by atoms with Gasteiger partial charge in [-0.25, -0.2) is 10.0 Å². The standard InChI is InChI=1S/C30H32N4O4/c1-21(2)28-30(38)34(33(22(3)36)26(20-35)18-23-10-6-4-7-11-23)27(24-12-8-5-9-13-24)19-32(28)29(37)25-14-16-31-17-15-25/h4-17,19,21,26,28,35H,18,20H2,1-3H3/t26-,28+/m0/s1. The van der Waals surface area contributed by atoms with Gasteiger partial charge in [-0.15, -0.1) is 0 Å². The molecule has 0 bridgehead atoms. The Labute approximate surface area is 222 Å². The number of aliphatic hydroxyl groups is 1. The van der Waals surface area contributed by atoms with E-state index >= 15 is 0 Å². The van der Waals surface area contributed by atoms with Crippen LogP contribution in [0.5, 0.6) is 0 Å². The molecule has 1 N–H and O–H groups in total. The lowest BCUT2D eigenvalue weighted by molar-refractivity contribution is -0.165. The van der Waals surface area contributed by atoms with Crippen LogP contribution in [0.1, 0.15) is 42.3 Å². The Morgan fingerprint density at radius 1 is 0.974 bits per heavy atom. The van der Waals surface area contributed by atoms with Gasteiger partial charge in [0.05, 0.1) is 18.3 Å². The van der Waals surface area contributed by atoms with Crippen molar-refractivity contribution in [1.29, 1.82) is 0 Å². The smallest absolute Gasteiger partial charge is 0.269 e. The molecular weight excluding hydrogens is 480 g/mol. The maximum atomic E-state index is 14.3. The summed E-state index contributed by atoms with van der Waals surface area (Å²) in [6.45, 7) is 4.75. The van der Waals surface area contributed by atoms with E-state index in [1.807, 2.05) is 74.5 Å². The number of rotatable bonds is 8. The zero-order valence-corrected chi connectivity index (χ0v) is 21.8. The van der Waals surface area contributed by atoms with Gasteiger partial charge >= 0.3 is 0 Å². The summed E-state index contributed by atoms with van der Waals surface area (Å²) in [5.41, 5.74) is 2.34. The van der Waals surface area contributed by atoms with Gasteiger partial charge in [0.2, 0.25) is 5.91 Å². The predicted octanol–water partition coefficient (Wildman–Crippen LogP) is 3.76. The highest BCUT2D eigenvalue weighted by molar-refractivity contribution is 6.03. The Bertz CT molecular complexity index is 1300. The van der Waals surface area contributed by atoms with Crippen LogP contribution in [0, 0.1) is 5.92 Å². The third-order valence-corrected chi connectivity index (χ3v) is 6.52. The van der Waals surface area contributed by atoms with Crippen molar-refractivity contribution >= 4 is 23.4 Å². The Morgan fingerprint density at radius 3 is 2.13 bits per heavy atom. The second kappa shape index (κ2) is 11.8. The van der Waals surface area contributed by atoms with E-state index < -0.39 is 23.9 Å². The van der Waals surface area contributed by atoms with E-state index in [1.54, 1.807) is 18.3 Å². The third kappa shape index (κ3) is 5.50. The first kappa shape index (κ1) is 26.8. The van der Waals surface area contributed by atoms with Crippen LogP contribution in [0.3, 0.4) is 0 Å². The van der Waals surface area contributed by atoms with Crippen molar-refractivity contribution in [3.8, 4) is 0 Å². The van der Waals surface area contributed by atoms with Crippen molar-refractivity contribution in [2.45, 2.75) is 39.3 Å². The Hall–Kier alpha value is -4.30. The second-order valence-electron chi connectivity index (χ2n) is 9.56. The van der Waals surface area contributed by atoms with Crippen LogP contribution >= 0.6 is 0 Å². The molecule has 3 aromatic rings. The van der Waals surface area contributed by atoms with Crippen LogP contribution in [0.4, 0.5) is 0 Å². The molecule has 0 spiro atoms. The molecule has 8 heteroatoms. The van der Waals surface area contributed by atoms with E-state index in [9.17, 15) is 19.5 Å². The number of carbonyl (C=O) groups excluding carboxylic acids is 3. The second-order valence-corrected chi connectivity index (χ2v) is 9.56. The van der Waals surface area contributed by atoms with Crippen LogP contribution in [-0.2, 0) is 16.0 Å². The fraction of sp³-hybridized carbons (Fsp3) is 0.267. The molecule has 3 amide bonds. The summed E-state index contributed by atoms with van der Waals surface area (Å²) in [5, 5.41) is 13.1. The topological polar surface area (TPSA) is 94.0 Å². The minimum absolute atomic E-state index is 0.264. The zero-order valence-electron chi connectivity index (χ0n) is 21.8. The highest BCUT2D eigenvalue weighted by Crippen LogP contribution is 2.33. The molecule has 0 radical (unpaired) electrons. The fourth-order valence-electron chi connectivity index (χ4n) is 4.77. The first-order valence-electron chi connectivity index (χ1n) is 12.6. The van der Waals surface area contributed by atoms with Crippen LogP contribution in [0.2, 0.25) is 0 Å². The maximum Gasteiger partial charge on any atom is 0.269 e. The van der Waals surface area contributed by atoms with Gasteiger partial charge in [-0.05, 0) is 30.0 Å². The summed E-state index contributed by atoms with van der Waals surface area (Å²) in [6.07, 6.45) is 5.04. The number of pyridine rings is 1. The molecule has 2 atom stereocenters. The van der Waals surface area contributed by atoms with Crippen molar-refractivity contribution in [2.75, 3.05) is 6.61 Å². The summed E-state index contributed by atoms with van der Waals surface area (Å²) < 4.78 is 0. The highest BCUT2D eigenvalue weighted by Gasteiger charge is 2.45. The molecule has 1 aliphatic rings. The predicted molar refractivity (Wildman–Crippen MR) is 144 cm³/mol. The summed E-state index contributed by atoms with van der Waals surface area (Å²) in [6, 6.07) is 20.3. The van der Waals surface area contributed by atoms with Crippen molar-refractivity contribution in [1.82, 2.24) is 19.9 Å². The van der Waals surface area contributed by atoms with Gasteiger partial charge < -0.3 is 5.11 Å². The molecule has 0 saturated carbocycles. The van der Waals surface area contributed by atoms with E-state index in [0.29, 0.717) is 23.2 Å². The average Bonchev–Trinajstić information content (AvgIpc) is 2.93. The fourth-order valence-corrected chi connectivity index (χ4v) is 4.77. The molecule has 1 aromatic heterocycles. The molecule has 0 unspecified atom stereocenters. The molecular formula is C30H32N4O4. The van der Waals surface area contributed by atoms with Crippen molar-refractivity contribution < 1.29 is 19.5 Å². The normalized spacial score (nSPS) is 16.3. The molecule has 2 aromatic carbocycles. The molecule has 0 aliphatic carbocycles. The maximum absolute atomic E-state index is 14.3. The third-order valence-electron chi connectivity index (χ3n) is 6.52. The van der Waals surface area contributed by atoms with Crippen LogP contribution in [0.25, 0.3) is 5.70 Å². The summed E-state index contributed by atoms with van der Waals surface area (Å²) in [4.78, 5) is 46.6. The molecule has 4 rings (SSSR count). The van der Waals surface area contributed by atoms with Gasteiger partial charge in [-0.2, -0.15) is 0 Å². The number of carbonyl (C=O) groups is 3. The number of aromatic nitrogens is 1. The lowest BCUT2D eigenvalue weighted by Gasteiger charge is -2.47. The van der Waals surface area contributed by atoms with Gasteiger partial charge in [0, 0.05) is 36.6 Å². The number of amides is 3. The van der Waals surface area contributed by atoms with Gasteiger partial charge in [-0.3, -0.25) is 24.3 Å². The lowest BCUT2D eigenvalue weighted by Crippen LogP contribution is -2.62. The minimum atomic E-state index is -0.874. The molecule has 8 nitrogen and oxygen atoms in total. The SMILES string of the molecule is CC(=O)N([C@H](CO)Cc1ccccc1)N1C(=O)[C@@H](C(C)C)N(C(=O)c2ccncc2)C=C1c1ccccc1. The van der Waals surface area contributed by atoms with Crippen LogP contribution in [0.15, 0.2) is 91.4 Å². The van der Waals surface area contributed by atoms with Gasteiger partial charge in [-0.1, -0.05) is 74.5 Å². The lowest BCUT2D eigenvalue weighted by atomic mass is 9.96. The number of aliphatic hydroxyl groups excluding tert-OH is 1. The van der Waals surface area contributed by atoms with Gasteiger partial charge in [0.1, 0.15) is 6.04 Å². The summed E-state index contributed by atoms with van der Waals surface area (Å²) >= 11 is 0. The molecule has 2 heterocycles. The van der Waals surface area contributed by atoms with Crippen molar-refractivity contribution in [3.63, 3.8) is 0 Å². The van der Waals surface area contributed by atoms with Crippen molar-refractivity contribution in [2.24, 2.45) is 5.92 Å². The van der Waals surface area contributed by atoms with Gasteiger partial charge in [0.15, 0.2) is 0 Å². The molecule has 38 heavy (non-hydrogen) atoms. The van der Waals surface area contributed by atoms with Crippen LogP contribution < -0.4 is 0 Å². The number of nitrogens with zero attached hydrogens (tertiary/aromatic N) is 4. The molecule has 1 aliphatic heterocycles. The highest BCUT2D eigenvalue weighted by atomic mass is 16.3. The number of hydrogen-bond donors (Lipinski definition) is 1. The monoisotopic (exact) mass is 512 g/mol. The Balaban J connectivity index is 1.87. The van der Waals surface area contributed by atoms with Gasteiger partial charge in [0.25, 0.3) is 11.8 Å². The average molecular weight is 513 g/mol. The van der Waals surface area contributed by atoms with E-state index in [0.717, 1.165) is 5.56 Å². The molecule has 196 valence electrons. The largest absolute Gasteiger partial charge is 0.394 e. The first-order chi connectivity index (χ1) is 18.3. The number of hydrogen-bond acceptors (Lipinski definition) is 5. The first-order valence-corrected chi connectivity index (χ1v) is 12.6. The number of benzene rings is 2. The minimum Gasteiger partial charge on any atom is -0.394 e. The van der Waals surface area contributed by atoms with E-state index in [2.05, 4.69) is 4.98 Å². The molecule has 0 saturated heterocycles. The van der Waals surface area contributed by atoms with Crippen LogP contribution in [-0.4, -0.2) is 61.4 Å². The summed E-state index contributed by atoms with van der Waals surface area (Å²) in [7, 11) is 0. The van der Waals surface area contributed by atoms with E-state index in [4.69, 9.17) is 0 Å².